The van der Waals surface area contributed by atoms with Crippen LogP contribution in [0.3, 0.4) is 0 Å². The molecule has 0 atom stereocenters. The van der Waals surface area contributed by atoms with Crippen molar-refractivity contribution in [2.45, 2.75) is 65.8 Å². The summed E-state index contributed by atoms with van der Waals surface area (Å²) in [5.74, 6) is 0.113. The third-order valence-corrected chi connectivity index (χ3v) is 6.82. The molecule has 1 aromatic carbocycles. The van der Waals surface area contributed by atoms with Crippen molar-refractivity contribution in [2.75, 3.05) is 0 Å². The topological polar surface area (TPSA) is 105 Å². The van der Waals surface area contributed by atoms with Gasteiger partial charge in [-0.05, 0) is 37.3 Å². The van der Waals surface area contributed by atoms with E-state index in [1.807, 2.05) is 13.8 Å². The minimum atomic E-state index is -3.49. The van der Waals surface area contributed by atoms with Crippen LogP contribution >= 0.6 is 0 Å². The van der Waals surface area contributed by atoms with Crippen molar-refractivity contribution < 1.29 is 22.4 Å². The Morgan fingerprint density at radius 1 is 1.16 bits per heavy atom. The molecule has 0 fully saturated rings. The first kappa shape index (κ1) is 23.2. The molecule has 0 saturated carbocycles. The lowest BCUT2D eigenvalue weighted by atomic mass is 9.76. The molecule has 0 saturated heterocycles. The smallest absolute Gasteiger partial charge is 0.287 e. The molecule has 0 unspecified atom stereocenters. The fourth-order valence-corrected chi connectivity index (χ4v) is 5.52. The van der Waals surface area contributed by atoms with E-state index in [-0.39, 0.29) is 35.3 Å². The first-order valence-corrected chi connectivity index (χ1v) is 12.0. The molecular formula is C23H30N2O5S. The fourth-order valence-electron chi connectivity index (χ4n) is 4.03. The molecule has 7 nitrogen and oxygen atoms in total. The predicted octanol–water partition coefficient (Wildman–Crippen LogP) is 3.50. The first-order valence-electron chi connectivity index (χ1n) is 10.4. The summed E-state index contributed by atoms with van der Waals surface area (Å²) in [4.78, 5) is 25.4. The number of carbonyl (C=O) groups excluding carboxylic acids is 2. The van der Waals surface area contributed by atoms with Crippen molar-refractivity contribution in [1.29, 1.82) is 0 Å². The Hall–Kier alpha value is -2.45. The number of hydrogen-bond acceptors (Lipinski definition) is 5. The van der Waals surface area contributed by atoms with Gasteiger partial charge in [-0.3, -0.25) is 9.59 Å². The number of ketones is 1. The number of amides is 1. The maximum Gasteiger partial charge on any atom is 0.287 e. The van der Waals surface area contributed by atoms with Crippen LogP contribution in [0, 0.1) is 12.3 Å². The van der Waals surface area contributed by atoms with Gasteiger partial charge in [-0.2, -0.15) is 0 Å². The van der Waals surface area contributed by atoms with Crippen LogP contribution in [0.15, 0.2) is 28.7 Å². The molecule has 0 spiro atoms. The van der Waals surface area contributed by atoms with E-state index in [1.165, 1.54) is 0 Å². The highest BCUT2D eigenvalue weighted by atomic mass is 32.2. The van der Waals surface area contributed by atoms with Gasteiger partial charge in [0.05, 0.1) is 11.3 Å². The number of furan rings is 1. The van der Waals surface area contributed by atoms with Crippen LogP contribution in [0.25, 0.3) is 0 Å². The van der Waals surface area contributed by atoms with Crippen molar-refractivity contribution in [3.05, 3.63) is 58.0 Å². The summed E-state index contributed by atoms with van der Waals surface area (Å²) < 4.78 is 33.0. The van der Waals surface area contributed by atoms with E-state index >= 15 is 0 Å². The van der Waals surface area contributed by atoms with Gasteiger partial charge in [0.2, 0.25) is 10.0 Å². The van der Waals surface area contributed by atoms with E-state index in [2.05, 4.69) is 10.0 Å². The maximum atomic E-state index is 12.8. The minimum Gasteiger partial charge on any atom is -0.455 e. The van der Waals surface area contributed by atoms with Crippen molar-refractivity contribution in [3.8, 4) is 0 Å². The Labute approximate surface area is 183 Å². The number of benzene rings is 1. The molecule has 1 aromatic heterocycles. The zero-order valence-corrected chi connectivity index (χ0v) is 19.5. The minimum absolute atomic E-state index is 0.000227. The number of rotatable bonds is 7. The molecule has 1 aliphatic carbocycles. The van der Waals surface area contributed by atoms with Crippen molar-refractivity contribution in [3.63, 3.8) is 0 Å². The van der Waals surface area contributed by atoms with Crippen molar-refractivity contribution >= 4 is 21.7 Å². The highest BCUT2D eigenvalue weighted by Gasteiger charge is 2.37. The van der Waals surface area contributed by atoms with Gasteiger partial charge in [-0.25, -0.2) is 13.1 Å². The molecule has 1 aliphatic rings. The fraction of sp³-hybridized carbons (Fsp3) is 0.478. The molecule has 2 N–H and O–H groups in total. The highest BCUT2D eigenvalue weighted by Crippen LogP contribution is 2.38. The maximum absolute atomic E-state index is 12.8. The number of Topliss-reactive ketones (excluding diaryl/α,β-unsaturated/α-hetero) is 1. The largest absolute Gasteiger partial charge is 0.455 e. The van der Waals surface area contributed by atoms with E-state index in [0.717, 1.165) is 0 Å². The molecule has 1 heterocycles. The average molecular weight is 447 g/mol. The quantitative estimate of drug-likeness (QED) is 0.677. The van der Waals surface area contributed by atoms with E-state index < -0.39 is 15.9 Å². The van der Waals surface area contributed by atoms with Crippen LogP contribution in [-0.4, -0.2) is 26.2 Å². The molecule has 0 bridgehead atoms. The van der Waals surface area contributed by atoms with E-state index in [1.54, 1.807) is 45.0 Å². The Kier molecular flexibility index (Phi) is 6.43. The number of hydrogen-bond donors (Lipinski definition) is 2. The Morgan fingerprint density at radius 3 is 2.45 bits per heavy atom. The van der Waals surface area contributed by atoms with Crippen LogP contribution in [0.5, 0.6) is 0 Å². The normalized spacial score (nSPS) is 15.7. The average Bonchev–Trinajstić information content (AvgIpc) is 2.94. The summed E-state index contributed by atoms with van der Waals surface area (Å²) in [5, 5.41) is 2.81. The van der Waals surface area contributed by atoms with E-state index in [9.17, 15) is 18.0 Å². The third-order valence-electron chi connectivity index (χ3n) is 5.30. The Morgan fingerprint density at radius 2 is 1.81 bits per heavy atom. The first-order chi connectivity index (χ1) is 14.4. The Bertz CT molecular complexity index is 1110. The standard InChI is InChI=1S/C23H30N2O5S/c1-14(2)25-31(28,29)13-17-9-7-6-8-16(17)12-24-22(27)21-15(3)20-18(26)10-23(4,5)11-19(20)30-21/h6-9,14,25H,10-13H2,1-5H3,(H,24,27). The van der Waals surface area contributed by atoms with Gasteiger partial charge in [-0.15, -0.1) is 0 Å². The predicted molar refractivity (Wildman–Crippen MR) is 118 cm³/mol. The zero-order valence-electron chi connectivity index (χ0n) is 18.7. The SMILES string of the molecule is Cc1c(C(=O)NCc2ccccc2CS(=O)(=O)NC(C)C)oc2c1C(=O)CC(C)(C)C2. The number of sulfonamides is 1. The summed E-state index contributed by atoms with van der Waals surface area (Å²) in [5.41, 5.74) is 2.21. The second-order valence-corrected chi connectivity index (χ2v) is 11.0. The third kappa shape index (κ3) is 5.43. The molecule has 0 aliphatic heterocycles. The second kappa shape index (κ2) is 8.59. The van der Waals surface area contributed by atoms with Gasteiger partial charge in [0.1, 0.15) is 5.76 Å². The molecule has 168 valence electrons. The van der Waals surface area contributed by atoms with Gasteiger partial charge < -0.3 is 9.73 Å². The lowest BCUT2D eigenvalue weighted by molar-refractivity contribution is 0.0888. The number of nitrogens with one attached hydrogen (secondary N) is 2. The van der Waals surface area contributed by atoms with Crippen molar-refractivity contribution in [2.24, 2.45) is 5.41 Å². The lowest BCUT2D eigenvalue weighted by Crippen LogP contribution is -2.32. The van der Waals surface area contributed by atoms with Crippen molar-refractivity contribution in [1.82, 2.24) is 10.0 Å². The molecule has 2 aromatic rings. The monoisotopic (exact) mass is 446 g/mol. The van der Waals surface area contributed by atoms with Crippen LogP contribution < -0.4 is 10.0 Å². The van der Waals surface area contributed by atoms with E-state index in [0.29, 0.717) is 40.9 Å². The summed E-state index contributed by atoms with van der Waals surface area (Å²) in [6.07, 6.45) is 1.03. The Balaban J connectivity index is 1.77. The summed E-state index contributed by atoms with van der Waals surface area (Å²) in [7, 11) is -3.49. The van der Waals surface area contributed by atoms with Gasteiger partial charge in [0.15, 0.2) is 11.5 Å². The zero-order chi connectivity index (χ0) is 23.0. The molecule has 3 rings (SSSR count). The molecule has 8 heteroatoms. The number of carbonyl (C=O) groups is 2. The molecular weight excluding hydrogens is 416 g/mol. The van der Waals surface area contributed by atoms with Gasteiger partial charge in [0, 0.05) is 31.0 Å². The molecule has 1 amide bonds. The van der Waals surface area contributed by atoms with Gasteiger partial charge in [0.25, 0.3) is 5.91 Å². The van der Waals surface area contributed by atoms with Gasteiger partial charge in [-0.1, -0.05) is 38.1 Å². The second-order valence-electron chi connectivity index (χ2n) is 9.28. The summed E-state index contributed by atoms with van der Waals surface area (Å²) in [6.45, 7) is 9.42. The molecule has 31 heavy (non-hydrogen) atoms. The van der Waals surface area contributed by atoms with Crippen LogP contribution in [0.4, 0.5) is 0 Å². The van der Waals surface area contributed by atoms with Gasteiger partial charge >= 0.3 is 0 Å². The summed E-state index contributed by atoms with van der Waals surface area (Å²) in [6, 6.07) is 6.89. The number of fused-ring (bicyclic) bond motifs is 1. The molecule has 0 radical (unpaired) electrons. The van der Waals surface area contributed by atoms with E-state index in [4.69, 9.17) is 4.42 Å². The lowest BCUT2D eigenvalue weighted by Gasteiger charge is -2.27. The van der Waals surface area contributed by atoms with Crippen LogP contribution in [-0.2, 0) is 28.7 Å². The highest BCUT2D eigenvalue weighted by molar-refractivity contribution is 7.88. The summed E-state index contributed by atoms with van der Waals surface area (Å²) >= 11 is 0. The van der Waals surface area contributed by atoms with Crippen LogP contribution in [0.1, 0.15) is 77.5 Å². The van der Waals surface area contributed by atoms with Crippen LogP contribution in [0.2, 0.25) is 0 Å².